The first-order valence-electron chi connectivity index (χ1n) is 5.27. The fraction of sp³-hybridized carbons (Fsp3) is 0.778. The molecule has 1 fully saturated rings. The molecule has 0 radical (unpaired) electrons. The first kappa shape index (κ1) is 11.0. The molecule has 2 atom stereocenters. The van der Waals surface area contributed by atoms with Gasteiger partial charge >= 0.3 is 0 Å². The van der Waals surface area contributed by atoms with E-state index in [1.54, 1.807) is 0 Å². The molecule has 15 heavy (non-hydrogen) atoms. The van der Waals surface area contributed by atoms with Crippen molar-refractivity contribution in [3.8, 4) is 0 Å². The highest BCUT2D eigenvalue weighted by Gasteiger charge is 2.27. The van der Waals surface area contributed by atoms with Gasteiger partial charge in [0.1, 0.15) is 0 Å². The number of anilines is 2. The Morgan fingerprint density at radius 1 is 1.60 bits per heavy atom. The van der Waals surface area contributed by atoms with Gasteiger partial charge in [0.15, 0.2) is 0 Å². The van der Waals surface area contributed by atoms with Crippen LogP contribution in [0.4, 0.5) is 11.1 Å². The molecule has 1 aromatic heterocycles. The zero-order chi connectivity index (χ0) is 10.7. The Balaban J connectivity index is 1.93. The highest BCUT2D eigenvalue weighted by Crippen LogP contribution is 2.32. The minimum Gasteiger partial charge on any atom is -0.367 e. The van der Waals surface area contributed by atoms with Crippen LogP contribution in [-0.2, 0) is 0 Å². The zero-order valence-electron chi connectivity index (χ0n) is 8.77. The van der Waals surface area contributed by atoms with Crippen LogP contribution in [0.25, 0.3) is 0 Å². The lowest BCUT2D eigenvalue weighted by atomic mass is 10.2. The second-order valence-electron chi connectivity index (χ2n) is 3.63. The van der Waals surface area contributed by atoms with Crippen molar-refractivity contribution >= 4 is 34.4 Å². The second kappa shape index (κ2) is 5.03. The van der Waals surface area contributed by atoms with Crippen LogP contribution in [-0.4, -0.2) is 26.4 Å². The third-order valence-electron chi connectivity index (χ3n) is 2.58. The summed E-state index contributed by atoms with van der Waals surface area (Å²) in [6.45, 7) is 2.21. The quantitative estimate of drug-likeness (QED) is 0.850. The summed E-state index contributed by atoms with van der Waals surface area (Å²) in [6.07, 6.45) is 3.85. The summed E-state index contributed by atoms with van der Waals surface area (Å²) in [5.41, 5.74) is 5.49. The lowest BCUT2D eigenvalue weighted by Gasteiger charge is -2.19. The van der Waals surface area contributed by atoms with E-state index in [4.69, 9.17) is 5.73 Å². The molecule has 6 heteroatoms. The molecule has 0 aliphatic heterocycles. The van der Waals surface area contributed by atoms with Crippen LogP contribution in [0.5, 0.6) is 0 Å². The van der Waals surface area contributed by atoms with Gasteiger partial charge in [-0.05, 0) is 18.6 Å². The van der Waals surface area contributed by atoms with Gasteiger partial charge in [0.2, 0.25) is 11.1 Å². The van der Waals surface area contributed by atoms with E-state index in [2.05, 4.69) is 21.6 Å². The van der Waals surface area contributed by atoms with Crippen molar-refractivity contribution in [1.82, 2.24) is 9.36 Å². The van der Waals surface area contributed by atoms with Crippen LogP contribution in [0.15, 0.2) is 0 Å². The average Bonchev–Trinajstić information content (AvgIpc) is 2.78. The number of nitrogens with two attached hydrogens (primary N) is 1. The largest absolute Gasteiger partial charge is 0.367 e. The van der Waals surface area contributed by atoms with E-state index < -0.39 is 0 Å². The number of nitrogen functional groups attached to an aromatic ring is 1. The normalized spacial score (nSPS) is 25.7. The molecule has 1 heterocycles. The minimum atomic E-state index is 0.375. The molecule has 1 aliphatic rings. The number of nitrogens with zero attached hydrogens (tertiary/aromatic N) is 2. The molecule has 4 nitrogen and oxygen atoms in total. The maximum absolute atomic E-state index is 5.49. The van der Waals surface area contributed by atoms with Crippen molar-refractivity contribution < 1.29 is 0 Å². The van der Waals surface area contributed by atoms with Gasteiger partial charge in [-0.2, -0.15) is 21.1 Å². The fourth-order valence-electron chi connectivity index (χ4n) is 1.96. The van der Waals surface area contributed by atoms with E-state index in [-0.39, 0.29) is 0 Å². The SMILES string of the molecule is CCSC1CCCC1Nc1nc(N)ns1. The van der Waals surface area contributed by atoms with Gasteiger partial charge in [0.25, 0.3) is 0 Å². The van der Waals surface area contributed by atoms with Crippen LogP contribution < -0.4 is 11.1 Å². The minimum absolute atomic E-state index is 0.375. The number of nitrogens with one attached hydrogen (secondary N) is 1. The van der Waals surface area contributed by atoms with E-state index in [0.29, 0.717) is 12.0 Å². The summed E-state index contributed by atoms with van der Waals surface area (Å²) in [5, 5.41) is 5.03. The Labute approximate surface area is 98.2 Å². The third kappa shape index (κ3) is 2.75. The summed E-state index contributed by atoms with van der Waals surface area (Å²) in [7, 11) is 0. The molecule has 1 saturated carbocycles. The van der Waals surface area contributed by atoms with Crippen molar-refractivity contribution in [2.75, 3.05) is 16.8 Å². The number of hydrogen-bond acceptors (Lipinski definition) is 6. The van der Waals surface area contributed by atoms with Crippen LogP contribution in [0.2, 0.25) is 0 Å². The molecule has 84 valence electrons. The Kier molecular flexibility index (Phi) is 3.69. The molecular weight excluding hydrogens is 228 g/mol. The predicted octanol–water partition coefficient (Wildman–Crippen LogP) is 2.21. The smallest absolute Gasteiger partial charge is 0.233 e. The average molecular weight is 244 g/mol. The molecule has 2 unspecified atom stereocenters. The van der Waals surface area contributed by atoms with Gasteiger partial charge in [0, 0.05) is 22.8 Å². The maximum Gasteiger partial charge on any atom is 0.233 e. The van der Waals surface area contributed by atoms with Crippen LogP contribution >= 0.6 is 23.3 Å². The molecule has 1 aromatic rings. The predicted molar refractivity (Wildman–Crippen MR) is 67.5 cm³/mol. The van der Waals surface area contributed by atoms with Crippen LogP contribution in [0.1, 0.15) is 26.2 Å². The van der Waals surface area contributed by atoms with Crippen LogP contribution in [0, 0.1) is 0 Å². The monoisotopic (exact) mass is 244 g/mol. The van der Waals surface area contributed by atoms with Crippen molar-refractivity contribution in [3.05, 3.63) is 0 Å². The summed E-state index contributed by atoms with van der Waals surface area (Å²) < 4.78 is 3.97. The summed E-state index contributed by atoms with van der Waals surface area (Å²) in [4.78, 5) is 4.13. The third-order valence-corrected chi connectivity index (χ3v) is 4.57. The van der Waals surface area contributed by atoms with E-state index >= 15 is 0 Å². The summed E-state index contributed by atoms with van der Waals surface area (Å²) >= 11 is 3.39. The van der Waals surface area contributed by atoms with Crippen molar-refractivity contribution in [1.29, 1.82) is 0 Å². The molecule has 1 aliphatic carbocycles. The highest BCUT2D eigenvalue weighted by molar-refractivity contribution is 7.99. The lowest BCUT2D eigenvalue weighted by Crippen LogP contribution is -2.26. The van der Waals surface area contributed by atoms with E-state index in [9.17, 15) is 0 Å². The first-order valence-corrected chi connectivity index (χ1v) is 7.09. The highest BCUT2D eigenvalue weighted by atomic mass is 32.2. The zero-order valence-corrected chi connectivity index (χ0v) is 10.4. The van der Waals surface area contributed by atoms with Gasteiger partial charge in [-0.15, -0.1) is 0 Å². The lowest BCUT2D eigenvalue weighted by molar-refractivity contribution is 0.766. The van der Waals surface area contributed by atoms with Crippen LogP contribution in [0.3, 0.4) is 0 Å². The molecule has 0 bridgehead atoms. The first-order chi connectivity index (χ1) is 7.29. The van der Waals surface area contributed by atoms with Crippen molar-refractivity contribution in [2.45, 2.75) is 37.5 Å². The van der Waals surface area contributed by atoms with Gasteiger partial charge in [-0.1, -0.05) is 13.3 Å². The second-order valence-corrected chi connectivity index (χ2v) is 5.90. The Morgan fingerprint density at radius 2 is 2.47 bits per heavy atom. The topological polar surface area (TPSA) is 63.8 Å². The van der Waals surface area contributed by atoms with E-state index in [1.807, 2.05) is 11.8 Å². The molecular formula is C9H16N4S2. The fourth-order valence-corrected chi connectivity index (χ4v) is 3.71. The standard InChI is InChI=1S/C9H16N4S2/c1-2-14-7-5-3-4-6(7)11-9-12-8(10)13-15-9/h6-7H,2-5H2,1H3,(H3,10,11,12,13). The molecule has 3 N–H and O–H groups in total. The van der Waals surface area contributed by atoms with Gasteiger partial charge in [-0.25, -0.2) is 0 Å². The number of thioether (sulfide) groups is 1. The van der Waals surface area contributed by atoms with Gasteiger partial charge < -0.3 is 11.1 Å². The Morgan fingerprint density at radius 3 is 3.13 bits per heavy atom. The van der Waals surface area contributed by atoms with Gasteiger partial charge in [-0.3, -0.25) is 0 Å². The molecule has 0 aromatic carbocycles. The molecule has 2 rings (SSSR count). The summed E-state index contributed by atoms with van der Waals surface area (Å²) in [5.74, 6) is 1.56. The molecule has 0 amide bonds. The van der Waals surface area contributed by atoms with Crippen molar-refractivity contribution in [2.24, 2.45) is 0 Å². The maximum atomic E-state index is 5.49. The summed E-state index contributed by atoms with van der Waals surface area (Å²) in [6, 6.07) is 0.544. The van der Waals surface area contributed by atoms with Crippen molar-refractivity contribution in [3.63, 3.8) is 0 Å². The Hall–Kier alpha value is -0.490. The van der Waals surface area contributed by atoms with E-state index in [0.717, 1.165) is 10.4 Å². The Bertz CT molecular complexity index is 315. The van der Waals surface area contributed by atoms with E-state index in [1.165, 1.54) is 36.5 Å². The number of hydrogen-bond donors (Lipinski definition) is 2. The number of aromatic nitrogens is 2. The molecule has 0 saturated heterocycles. The number of rotatable bonds is 4. The van der Waals surface area contributed by atoms with Gasteiger partial charge in [0.05, 0.1) is 0 Å². The molecule has 0 spiro atoms.